The Bertz CT molecular complexity index is 598. The second-order valence-corrected chi connectivity index (χ2v) is 5.97. The van der Waals surface area contributed by atoms with Gasteiger partial charge in [-0.1, -0.05) is 11.3 Å². The predicted octanol–water partition coefficient (Wildman–Crippen LogP) is -1.47. The first kappa shape index (κ1) is 16.9. The third kappa shape index (κ3) is 3.48. The zero-order valence-corrected chi connectivity index (χ0v) is 13.6. The summed E-state index contributed by atoms with van der Waals surface area (Å²) >= 11 is 1.74. The summed E-state index contributed by atoms with van der Waals surface area (Å²) in [5, 5.41) is 10.3. The van der Waals surface area contributed by atoms with Crippen molar-refractivity contribution in [2.75, 3.05) is 12.3 Å². The largest absolute Gasteiger partial charge is 1.00 e. The molecule has 110 valence electrons. The topological polar surface area (TPSA) is 63.0 Å². The van der Waals surface area contributed by atoms with Crippen molar-refractivity contribution in [1.82, 2.24) is 4.98 Å². The number of aromatic nitrogens is 2. The van der Waals surface area contributed by atoms with E-state index in [2.05, 4.69) is 23.4 Å². The number of anilines is 1. The van der Waals surface area contributed by atoms with Crippen LogP contribution in [0.4, 0.5) is 5.82 Å². The van der Waals surface area contributed by atoms with E-state index >= 15 is 0 Å². The molecule has 3 N–H and O–H groups in total. The maximum atomic E-state index is 9.08. The van der Waals surface area contributed by atoms with Gasteiger partial charge in [0.15, 0.2) is 12.2 Å². The van der Waals surface area contributed by atoms with Crippen molar-refractivity contribution in [2.24, 2.45) is 0 Å². The van der Waals surface area contributed by atoms with Gasteiger partial charge in [-0.2, -0.15) is 4.57 Å². The number of thiazole rings is 1. The number of halogens is 1. The lowest BCUT2D eigenvalue weighted by Gasteiger charge is -2.03. The molecule has 0 saturated carbocycles. The van der Waals surface area contributed by atoms with Crippen LogP contribution in [-0.2, 0) is 13.0 Å². The molecule has 0 fully saturated rings. The molecule has 6 heteroatoms. The number of aliphatic hydroxyl groups excluding tert-OH is 1. The molecular weight excluding hydrogens is 294 g/mol. The number of aryl methyl sites for hydroxylation is 2. The molecule has 0 spiro atoms. The van der Waals surface area contributed by atoms with Gasteiger partial charge in [-0.25, -0.2) is 4.98 Å². The molecule has 0 atom stereocenters. The van der Waals surface area contributed by atoms with Crippen molar-refractivity contribution in [3.8, 4) is 0 Å². The van der Waals surface area contributed by atoms with Gasteiger partial charge in [0.1, 0.15) is 5.82 Å². The van der Waals surface area contributed by atoms with Gasteiger partial charge >= 0.3 is 0 Å². The molecule has 2 aromatic rings. The highest BCUT2D eigenvalue weighted by atomic mass is 35.5. The van der Waals surface area contributed by atoms with Crippen molar-refractivity contribution < 1.29 is 22.1 Å². The van der Waals surface area contributed by atoms with Gasteiger partial charge in [0.05, 0.1) is 10.4 Å². The number of nitrogen functional groups attached to an aromatic ring is 1. The minimum absolute atomic E-state index is 0. The standard InChI is InChI=1S/C14H20N3OS.ClH/c1-9-4-5-12(14(15)16-9)8-17-10(2)13(6-7-18)19-11(17)3;/h4-5,18H,6-8H2,1-3H3,(H2,15,16);1H/q+1;/p-1. The lowest BCUT2D eigenvalue weighted by Crippen LogP contribution is -3.00. The summed E-state index contributed by atoms with van der Waals surface area (Å²) in [5.74, 6) is 0.598. The zero-order chi connectivity index (χ0) is 14.0. The maximum Gasteiger partial charge on any atom is 0.234 e. The monoisotopic (exact) mass is 313 g/mol. The molecule has 0 radical (unpaired) electrons. The van der Waals surface area contributed by atoms with Crippen molar-refractivity contribution in [3.05, 3.63) is 39.0 Å². The highest BCUT2D eigenvalue weighted by Gasteiger charge is 2.21. The van der Waals surface area contributed by atoms with Crippen LogP contribution in [-0.4, -0.2) is 16.7 Å². The van der Waals surface area contributed by atoms with Crippen LogP contribution in [0.15, 0.2) is 12.1 Å². The van der Waals surface area contributed by atoms with Crippen molar-refractivity contribution in [2.45, 2.75) is 33.7 Å². The summed E-state index contributed by atoms with van der Waals surface area (Å²) in [6.07, 6.45) is 0.714. The fourth-order valence-electron chi connectivity index (χ4n) is 2.17. The van der Waals surface area contributed by atoms with E-state index in [1.807, 2.05) is 19.1 Å². The van der Waals surface area contributed by atoms with E-state index in [0.717, 1.165) is 17.8 Å². The first-order valence-corrected chi connectivity index (χ1v) is 7.16. The maximum absolute atomic E-state index is 9.08. The minimum atomic E-state index is 0. The summed E-state index contributed by atoms with van der Waals surface area (Å²) in [5.41, 5.74) is 9.15. The molecule has 2 aromatic heterocycles. The fraction of sp³-hybridized carbons (Fsp3) is 0.429. The third-order valence-corrected chi connectivity index (χ3v) is 4.54. The SMILES string of the molecule is Cc1ccc(C[n+]2c(C)sc(CCO)c2C)c(N)n1.[Cl-]. The average molecular weight is 314 g/mol. The van der Waals surface area contributed by atoms with Gasteiger partial charge in [0, 0.05) is 32.6 Å². The number of nitrogens with zero attached hydrogens (tertiary/aromatic N) is 2. The van der Waals surface area contributed by atoms with Crippen LogP contribution in [0, 0.1) is 20.8 Å². The van der Waals surface area contributed by atoms with Gasteiger partial charge in [-0.15, -0.1) is 0 Å². The molecule has 0 aliphatic heterocycles. The van der Waals surface area contributed by atoms with Crippen LogP contribution in [0.5, 0.6) is 0 Å². The Labute approximate surface area is 129 Å². The van der Waals surface area contributed by atoms with Crippen LogP contribution in [0.1, 0.15) is 26.8 Å². The second-order valence-electron chi connectivity index (χ2n) is 4.69. The van der Waals surface area contributed by atoms with E-state index in [0.29, 0.717) is 12.2 Å². The smallest absolute Gasteiger partial charge is 0.234 e. The van der Waals surface area contributed by atoms with Crippen molar-refractivity contribution in [1.29, 1.82) is 0 Å². The van der Waals surface area contributed by atoms with Gasteiger partial charge < -0.3 is 23.2 Å². The molecular formula is C14H20ClN3OS. The number of hydrogen-bond donors (Lipinski definition) is 2. The van der Waals surface area contributed by atoms with E-state index in [1.54, 1.807) is 11.3 Å². The first-order chi connectivity index (χ1) is 9.02. The summed E-state index contributed by atoms with van der Waals surface area (Å²) in [6.45, 7) is 7.05. The Balaban J connectivity index is 0.00000200. The first-order valence-electron chi connectivity index (χ1n) is 6.34. The van der Waals surface area contributed by atoms with E-state index in [-0.39, 0.29) is 19.0 Å². The minimum Gasteiger partial charge on any atom is -1.00 e. The normalized spacial score (nSPS) is 10.4. The van der Waals surface area contributed by atoms with Gasteiger partial charge in [-0.3, -0.25) is 0 Å². The summed E-state index contributed by atoms with van der Waals surface area (Å²) in [4.78, 5) is 5.53. The molecule has 2 heterocycles. The Morgan fingerprint density at radius 2 is 2.00 bits per heavy atom. The Morgan fingerprint density at radius 1 is 1.30 bits per heavy atom. The molecule has 0 saturated heterocycles. The molecule has 0 aliphatic rings. The summed E-state index contributed by atoms with van der Waals surface area (Å²) in [6, 6.07) is 4.02. The Morgan fingerprint density at radius 3 is 2.60 bits per heavy atom. The van der Waals surface area contributed by atoms with Crippen molar-refractivity contribution >= 4 is 17.2 Å². The van der Waals surface area contributed by atoms with Crippen LogP contribution in [0.2, 0.25) is 0 Å². The van der Waals surface area contributed by atoms with Gasteiger partial charge in [-0.05, 0) is 19.1 Å². The van der Waals surface area contributed by atoms with Gasteiger partial charge in [0.25, 0.3) is 0 Å². The zero-order valence-electron chi connectivity index (χ0n) is 12.0. The predicted molar refractivity (Wildman–Crippen MR) is 77.3 cm³/mol. The van der Waals surface area contributed by atoms with E-state index in [4.69, 9.17) is 10.8 Å². The molecule has 4 nitrogen and oxygen atoms in total. The number of nitrogens with two attached hydrogens (primary N) is 1. The molecule has 0 unspecified atom stereocenters. The Hall–Kier alpha value is -1.17. The molecule has 0 amide bonds. The lowest BCUT2D eigenvalue weighted by molar-refractivity contribution is -0.695. The van der Waals surface area contributed by atoms with E-state index in [1.165, 1.54) is 15.6 Å². The molecule has 20 heavy (non-hydrogen) atoms. The van der Waals surface area contributed by atoms with E-state index < -0.39 is 0 Å². The fourth-order valence-corrected chi connectivity index (χ4v) is 3.29. The number of hydrogen-bond acceptors (Lipinski definition) is 4. The molecule has 0 aromatic carbocycles. The van der Waals surface area contributed by atoms with Gasteiger partial charge in [0.2, 0.25) is 5.01 Å². The molecule has 0 aliphatic carbocycles. The Kier molecular flexibility index (Phi) is 5.92. The summed E-state index contributed by atoms with van der Waals surface area (Å²) < 4.78 is 2.23. The lowest BCUT2D eigenvalue weighted by atomic mass is 10.2. The van der Waals surface area contributed by atoms with Crippen LogP contribution in [0.3, 0.4) is 0 Å². The van der Waals surface area contributed by atoms with E-state index in [9.17, 15) is 0 Å². The second kappa shape index (κ2) is 7.02. The quantitative estimate of drug-likeness (QED) is 0.677. The highest BCUT2D eigenvalue weighted by Crippen LogP contribution is 2.18. The number of rotatable bonds is 4. The van der Waals surface area contributed by atoms with Crippen molar-refractivity contribution in [3.63, 3.8) is 0 Å². The van der Waals surface area contributed by atoms with Crippen LogP contribution in [0.25, 0.3) is 0 Å². The average Bonchev–Trinajstić information content (AvgIpc) is 2.60. The third-order valence-electron chi connectivity index (χ3n) is 3.28. The van der Waals surface area contributed by atoms with Crippen LogP contribution < -0.4 is 22.7 Å². The molecule has 0 bridgehead atoms. The number of aliphatic hydroxyl groups is 1. The van der Waals surface area contributed by atoms with Crippen LogP contribution >= 0.6 is 11.3 Å². The summed E-state index contributed by atoms with van der Waals surface area (Å²) in [7, 11) is 0. The molecule has 2 rings (SSSR count). The number of pyridine rings is 1. The highest BCUT2D eigenvalue weighted by molar-refractivity contribution is 7.11.